The van der Waals surface area contributed by atoms with Gasteiger partial charge in [-0.1, -0.05) is 66.7 Å². The summed E-state index contributed by atoms with van der Waals surface area (Å²) >= 11 is 0. The van der Waals surface area contributed by atoms with Gasteiger partial charge in [0.2, 0.25) is 0 Å². The molecule has 6 aromatic carbocycles. The largest absolute Gasteiger partial charge is 0.308 e. The normalized spacial score (nSPS) is 11.5. The number of halogens is 2. The lowest BCUT2D eigenvalue weighted by Crippen LogP contribution is -2.06. The molecule has 10 aromatic rings. The summed E-state index contributed by atoms with van der Waals surface area (Å²) in [6.45, 7) is 0. The second-order valence-electron chi connectivity index (χ2n) is 12.9. The Morgan fingerprint density at radius 2 is 0.963 bits per heavy atom. The highest BCUT2D eigenvalue weighted by Gasteiger charge is 2.25. The molecule has 0 aliphatic carbocycles. The highest BCUT2D eigenvalue weighted by atomic mass is 19.1. The molecule has 0 spiro atoms. The highest BCUT2D eigenvalue weighted by molar-refractivity contribution is 6.12. The Balaban J connectivity index is 1.36. The Labute approximate surface area is 306 Å². The van der Waals surface area contributed by atoms with Crippen LogP contribution in [0.15, 0.2) is 152 Å². The predicted octanol–water partition coefficient (Wildman–Crippen LogP) is 10.6. The van der Waals surface area contributed by atoms with Crippen molar-refractivity contribution < 1.29 is 8.78 Å². The molecule has 7 nitrogen and oxygen atoms in total. The maximum Gasteiger partial charge on any atom is 0.159 e. The van der Waals surface area contributed by atoms with Gasteiger partial charge in [-0.05, 0) is 60.2 Å². The molecule has 0 atom stereocenters. The summed E-state index contributed by atoms with van der Waals surface area (Å²) in [5.74, 6) is -0.324. The van der Waals surface area contributed by atoms with Crippen LogP contribution in [0, 0.1) is 23.0 Å². The quantitative estimate of drug-likeness (QED) is 0.178. The summed E-state index contributed by atoms with van der Waals surface area (Å²) in [4.78, 5) is 18.0. The molecule has 9 heteroatoms. The Morgan fingerprint density at radius 1 is 0.463 bits per heavy atom. The van der Waals surface area contributed by atoms with Gasteiger partial charge in [-0.2, -0.15) is 5.26 Å². The molecule has 4 heterocycles. The molecule has 0 aliphatic rings. The molecular formula is C45H25F2N7. The van der Waals surface area contributed by atoms with Crippen molar-refractivity contribution in [2.24, 2.45) is 0 Å². The van der Waals surface area contributed by atoms with E-state index >= 15 is 8.78 Å². The summed E-state index contributed by atoms with van der Waals surface area (Å²) < 4.78 is 34.1. The number of nitriles is 1. The first-order valence-corrected chi connectivity index (χ1v) is 17.2. The van der Waals surface area contributed by atoms with Crippen LogP contribution >= 0.6 is 0 Å². The van der Waals surface area contributed by atoms with Crippen LogP contribution in [0.2, 0.25) is 0 Å². The predicted molar refractivity (Wildman–Crippen MR) is 207 cm³/mol. The molecule has 0 saturated heterocycles. The summed E-state index contributed by atoms with van der Waals surface area (Å²) in [6, 6.07) is 41.3. The monoisotopic (exact) mass is 701 g/mol. The van der Waals surface area contributed by atoms with Crippen LogP contribution in [-0.4, -0.2) is 29.1 Å². The third kappa shape index (κ3) is 4.85. The van der Waals surface area contributed by atoms with Crippen molar-refractivity contribution in [2.75, 3.05) is 0 Å². The topological polar surface area (TPSA) is 85.2 Å². The maximum atomic E-state index is 15.0. The summed E-state index contributed by atoms with van der Waals surface area (Å²) in [5, 5.41) is 15.2. The number of fused-ring (bicyclic) bond motifs is 6. The molecular weight excluding hydrogens is 677 g/mol. The minimum atomic E-state index is -0.720. The molecule has 0 amide bonds. The lowest BCUT2D eigenvalue weighted by Gasteiger charge is -2.20. The van der Waals surface area contributed by atoms with Gasteiger partial charge in [0.05, 0.1) is 33.4 Å². The minimum absolute atomic E-state index is 0.296. The fraction of sp³-hybridized carbons (Fsp3) is 0. The van der Waals surface area contributed by atoms with Gasteiger partial charge >= 0.3 is 0 Å². The number of hydrogen-bond acceptors (Lipinski definition) is 5. The highest BCUT2D eigenvalue weighted by Crippen LogP contribution is 2.43. The molecule has 54 heavy (non-hydrogen) atoms. The van der Waals surface area contributed by atoms with Crippen LogP contribution in [-0.2, 0) is 0 Å². The Bertz CT molecular complexity index is 3120. The van der Waals surface area contributed by atoms with E-state index in [2.05, 4.69) is 42.7 Å². The molecule has 0 unspecified atom stereocenters. The summed E-state index contributed by atoms with van der Waals surface area (Å²) in [7, 11) is 0. The number of nitrogens with zero attached hydrogens (tertiary/aromatic N) is 7. The molecule has 0 N–H and O–H groups in total. The van der Waals surface area contributed by atoms with Gasteiger partial charge in [0.1, 0.15) is 23.3 Å². The molecule has 0 saturated carbocycles. The zero-order valence-electron chi connectivity index (χ0n) is 28.3. The van der Waals surface area contributed by atoms with E-state index in [1.807, 2.05) is 89.5 Å². The van der Waals surface area contributed by atoms with Crippen LogP contribution in [0.1, 0.15) is 5.56 Å². The zero-order chi connectivity index (χ0) is 36.3. The van der Waals surface area contributed by atoms with E-state index in [0.717, 1.165) is 60.8 Å². The van der Waals surface area contributed by atoms with E-state index in [1.165, 1.54) is 12.1 Å². The Kier molecular flexibility index (Phi) is 7.10. The van der Waals surface area contributed by atoms with E-state index in [1.54, 1.807) is 36.9 Å². The van der Waals surface area contributed by atoms with Gasteiger partial charge < -0.3 is 9.13 Å². The van der Waals surface area contributed by atoms with Gasteiger partial charge in [0, 0.05) is 69.1 Å². The zero-order valence-corrected chi connectivity index (χ0v) is 28.3. The number of rotatable bonds is 5. The average molecular weight is 702 g/mol. The standard InChI is InChI=1S/C45H25F2N7/c46-30-21-29(22-31(47)25-30)32-15-16-40(53-38-9-3-1-7-33(38)35-13-11-27(23-41(35)53)44-49-17-5-18-50-44)37(26-48)43(32)54-39-10-4-2-8-34(39)36-14-12-28(24-42(36)54)45-51-19-6-20-52-45/h1-25H. The fourth-order valence-electron chi connectivity index (χ4n) is 7.67. The van der Waals surface area contributed by atoms with E-state index in [-0.39, 0.29) is 0 Å². The molecule has 4 aromatic heterocycles. The Morgan fingerprint density at radius 3 is 1.52 bits per heavy atom. The average Bonchev–Trinajstić information content (AvgIpc) is 3.72. The number of benzene rings is 6. The van der Waals surface area contributed by atoms with E-state index in [9.17, 15) is 5.26 Å². The van der Waals surface area contributed by atoms with Gasteiger partial charge in [-0.3, -0.25) is 0 Å². The number of para-hydroxylation sites is 2. The van der Waals surface area contributed by atoms with Crippen LogP contribution in [0.25, 0.3) is 88.9 Å². The molecule has 254 valence electrons. The second kappa shape index (κ2) is 12.3. The fourth-order valence-corrected chi connectivity index (χ4v) is 7.67. The van der Waals surface area contributed by atoms with E-state index in [0.29, 0.717) is 39.7 Å². The first-order chi connectivity index (χ1) is 26.6. The van der Waals surface area contributed by atoms with Gasteiger partial charge in [-0.15, -0.1) is 0 Å². The van der Waals surface area contributed by atoms with Crippen molar-refractivity contribution in [2.45, 2.75) is 0 Å². The van der Waals surface area contributed by atoms with Crippen LogP contribution in [0.3, 0.4) is 0 Å². The van der Waals surface area contributed by atoms with Crippen LogP contribution in [0.5, 0.6) is 0 Å². The lowest BCUT2D eigenvalue weighted by molar-refractivity contribution is 0.584. The molecule has 0 aliphatic heterocycles. The molecule has 10 rings (SSSR count). The van der Waals surface area contributed by atoms with Crippen molar-refractivity contribution in [3.05, 3.63) is 169 Å². The molecule has 0 radical (unpaired) electrons. The number of aromatic nitrogens is 6. The van der Waals surface area contributed by atoms with Crippen molar-refractivity contribution in [1.82, 2.24) is 29.1 Å². The third-order valence-electron chi connectivity index (χ3n) is 9.90. The van der Waals surface area contributed by atoms with Crippen molar-refractivity contribution >= 4 is 43.6 Å². The number of hydrogen-bond donors (Lipinski definition) is 0. The van der Waals surface area contributed by atoms with Gasteiger partial charge in [0.15, 0.2) is 11.6 Å². The maximum absolute atomic E-state index is 15.0. The Hall–Kier alpha value is -7.57. The third-order valence-corrected chi connectivity index (χ3v) is 9.90. The summed E-state index contributed by atoms with van der Waals surface area (Å²) in [5.41, 5.74) is 7.08. The van der Waals surface area contributed by atoms with Crippen molar-refractivity contribution in [1.29, 1.82) is 5.26 Å². The van der Waals surface area contributed by atoms with Crippen LogP contribution < -0.4 is 0 Å². The van der Waals surface area contributed by atoms with E-state index in [4.69, 9.17) is 0 Å². The smallest absolute Gasteiger partial charge is 0.159 e. The molecule has 0 bridgehead atoms. The first kappa shape index (κ1) is 31.2. The second-order valence-corrected chi connectivity index (χ2v) is 12.9. The minimum Gasteiger partial charge on any atom is -0.308 e. The van der Waals surface area contributed by atoms with Crippen molar-refractivity contribution in [3.8, 4) is 51.3 Å². The van der Waals surface area contributed by atoms with Crippen LogP contribution in [0.4, 0.5) is 8.78 Å². The summed E-state index contributed by atoms with van der Waals surface area (Å²) in [6.07, 6.45) is 6.79. The van der Waals surface area contributed by atoms with Crippen molar-refractivity contribution in [3.63, 3.8) is 0 Å². The first-order valence-electron chi connectivity index (χ1n) is 17.2. The van der Waals surface area contributed by atoms with E-state index < -0.39 is 11.6 Å². The molecule has 0 fully saturated rings. The SMILES string of the molecule is N#Cc1c(-n2c3ccccc3c3ccc(-c4ncccn4)cc32)ccc(-c2cc(F)cc(F)c2)c1-n1c2ccccc2c2ccc(-c3ncccn3)cc21. The lowest BCUT2D eigenvalue weighted by atomic mass is 9.97. The van der Waals surface area contributed by atoms with Gasteiger partial charge in [-0.25, -0.2) is 28.7 Å². The van der Waals surface area contributed by atoms with Gasteiger partial charge in [0.25, 0.3) is 0 Å².